The number of carbonyl (C=O) groups is 3. The number of nitrogens with one attached hydrogen (secondary N) is 2. The molecular weight excluding hydrogens is 709 g/mol. The minimum absolute atomic E-state index is 0.137. The van der Waals surface area contributed by atoms with E-state index >= 15 is 0 Å². The maximum Gasteiger partial charge on any atom is 0.264 e. The minimum Gasteiger partial charge on any atom is -0.432 e. The van der Waals surface area contributed by atoms with Crippen LogP contribution in [0.1, 0.15) is 55.5 Å². The Kier molecular flexibility index (Phi) is 11.2. The van der Waals surface area contributed by atoms with Crippen molar-refractivity contribution >= 4 is 43.1 Å². The molecule has 1 saturated heterocycles. The first-order valence-electron chi connectivity index (χ1n) is 18.1. The predicted molar refractivity (Wildman–Crippen MR) is 204 cm³/mol. The highest BCUT2D eigenvalue weighted by atomic mass is 28.4. The molecule has 6 N–H and O–H groups in total. The Bertz CT molecular complexity index is 1980. The van der Waals surface area contributed by atoms with E-state index < -0.39 is 50.0 Å². The first-order chi connectivity index (χ1) is 25.6. The fraction of sp³-hybridized carbons (Fsp3) is 0.410. The quantitative estimate of drug-likeness (QED) is 0.110. The molecule has 3 heterocycles. The zero-order chi connectivity index (χ0) is 38.9. The van der Waals surface area contributed by atoms with Crippen LogP contribution in [0.25, 0.3) is 0 Å². The molecule has 2 aliphatic rings. The van der Waals surface area contributed by atoms with Crippen molar-refractivity contribution in [2.75, 3.05) is 22.1 Å². The number of fused-ring (bicyclic) bond motifs is 2. The SMILES string of the molecule is C[C@H](O)C(=O)Nc1ccc(CN2C(=O)[C@]3(O[C@H](CCn4cc(C(CO)c5ccccc5)nn4)[C@@H]([Si](C)(C)O)[C@@H]3C)c3cc(NC(=O)[C@H](C)O)ccc32)cc1. The van der Waals surface area contributed by atoms with Gasteiger partial charge in [-0.25, -0.2) is 0 Å². The lowest BCUT2D eigenvalue weighted by atomic mass is 9.82. The molecule has 1 spiro atoms. The van der Waals surface area contributed by atoms with Crippen LogP contribution in [-0.4, -0.2) is 86.1 Å². The molecule has 3 aromatic carbocycles. The van der Waals surface area contributed by atoms with Crippen molar-refractivity contribution in [2.45, 2.75) is 88.7 Å². The van der Waals surface area contributed by atoms with E-state index in [0.29, 0.717) is 41.3 Å². The second-order valence-corrected chi connectivity index (χ2v) is 18.8. The van der Waals surface area contributed by atoms with Crippen molar-refractivity contribution in [3.05, 3.63) is 101 Å². The van der Waals surface area contributed by atoms with Gasteiger partial charge in [0.05, 0.1) is 36.6 Å². The monoisotopic (exact) mass is 756 g/mol. The van der Waals surface area contributed by atoms with Crippen LogP contribution in [0.5, 0.6) is 0 Å². The number of hydrogen-bond donors (Lipinski definition) is 6. The number of benzene rings is 3. The summed E-state index contributed by atoms with van der Waals surface area (Å²) in [6, 6.07) is 21.7. The zero-order valence-corrected chi connectivity index (χ0v) is 32.0. The van der Waals surface area contributed by atoms with Gasteiger partial charge in [-0.05, 0) is 74.8 Å². The highest BCUT2D eigenvalue weighted by Gasteiger charge is 2.66. The van der Waals surface area contributed by atoms with E-state index in [-0.39, 0.29) is 30.5 Å². The van der Waals surface area contributed by atoms with Crippen LogP contribution in [0.15, 0.2) is 79.0 Å². The molecule has 2 aliphatic heterocycles. The van der Waals surface area contributed by atoms with Gasteiger partial charge in [0.2, 0.25) is 0 Å². The molecule has 0 radical (unpaired) electrons. The molecule has 4 aromatic rings. The number of aliphatic hydroxyl groups excluding tert-OH is 3. The highest BCUT2D eigenvalue weighted by Crippen LogP contribution is 2.60. The van der Waals surface area contributed by atoms with Crippen LogP contribution in [-0.2, 0) is 37.8 Å². The fourth-order valence-electron chi connectivity index (χ4n) is 7.85. The fourth-order valence-corrected chi connectivity index (χ4v) is 10.5. The number of amides is 3. The molecule has 286 valence electrons. The summed E-state index contributed by atoms with van der Waals surface area (Å²) >= 11 is 0. The molecule has 3 amide bonds. The average molecular weight is 757 g/mol. The molecule has 15 heteroatoms. The van der Waals surface area contributed by atoms with E-state index in [1.54, 1.807) is 58.2 Å². The lowest BCUT2D eigenvalue weighted by molar-refractivity contribution is -0.146. The van der Waals surface area contributed by atoms with Crippen LogP contribution >= 0.6 is 0 Å². The van der Waals surface area contributed by atoms with Gasteiger partial charge in [0.1, 0.15) is 12.2 Å². The van der Waals surface area contributed by atoms with Gasteiger partial charge in [-0.15, -0.1) is 5.10 Å². The van der Waals surface area contributed by atoms with Crippen LogP contribution in [0.2, 0.25) is 18.6 Å². The minimum atomic E-state index is -3.00. The highest BCUT2D eigenvalue weighted by molar-refractivity contribution is 6.71. The zero-order valence-electron chi connectivity index (χ0n) is 31.0. The molecule has 0 bridgehead atoms. The summed E-state index contributed by atoms with van der Waals surface area (Å²) in [7, 11) is -3.00. The van der Waals surface area contributed by atoms with Crippen LogP contribution in [0.4, 0.5) is 17.1 Å². The first-order valence-corrected chi connectivity index (χ1v) is 21.2. The van der Waals surface area contributed by atoms with Gasteiger partial charge in [0.15, 0.2) is 13.9 Å². The lowest BCUT2D eigenvalue weighted by Gasteiger charge is -2.32. The topological polar surface area (TPSA) is 199 Å². The molecule has 7 atom stereocenters. The van der Waals surface area contributed by atoms with Crippen molar-refractivity contribution in [3.8, 4) is 0 Å². The molecule has 1 unspecified atom stereocenters. The second-order valence-electron chi connectivity index (χ2n) is 14.9. The second kappa shape index (κ2) is 15.5. The third-order valence-electron chi connectivity index (χ3n) is 10.5. The van der Waals surface area contributed by atoms with E-state index in [1.165, 1.54) is 13.8 Å². The Hall–Kier alpha value is -4.77. The van der Waals surface area contributed by atoms with Gasteiger partial charge in [0, 0.05) is 41.1 Å². The Balaban J connectivity index is 1.32. The van der Waals surface area contributed by atoms with E-state index in [0.717, 1.165) is 11.1 Å². The maximum atomic E-state index is 14.9. The molecule has 54 heavy (non-hydrogen) atoms. The molecule has 0 aliphatic carbocycles. The standard InChI is InChI=1S/C39H48N6O8Si/c1-23-35(54(4,5)52)34(17-18-44-21-32(42-43-44)30(22-46)27-9-7-6-8-10-27)53-39(23)31-19-29(41-37(50)25(3)48)15-16-33(31)45(38(39)51)20-26-11-13-28(14-12-26)40-36(49)24(2)47/h6-16,19,21,23-25,30,34-35,46-48,52H,17-18,20,22H2,1-5H3,(H,40,49)(H,41,50)/t23-,24-,25-,30?,34+,35-,39+/m0/s1. The summed E-state index contributed by atoms with van der Waals surface area (Å²) < 4.78 is 8.67. The van der Waals surface area contributed by atoms with E-state index in [2.05, 4.69) is 20.9 Å². The summed E-state index contributed by atoms with van der Waals surface area (Å²) in [6.07, 6.45) is -0.768. The Labute approximate surface area is 314 Å². The average Bonchev–Trinajstić information content (AvgIpc) is 3.79. The molecular formula is C39H48N6O8Si. The van der Waals surface area contributed by atoms with Gasteiger partial charge < -0.3 is 40.4 Å². The van der Waals surface area contributed by atoms with Crippen molar-refractivity contribution in [3.63, 3.8) is 0 Å². The number of aliphatic hydroxyl groups is 3. The summed E-state index contributed by atoms with van der Waals surface area (Å²) in [5, 5.41) is 43.7. The third kappa shape index (κ3) is 7.60. The van der Waals surface area contributed by atoms with Crippen molar-refractivity contribution in [2.24, 2.45) is 5.92 Å². The van der Waals surface area contributed by atoms with Gasteiger partial charge in [-0.3, -0.25) is 19.1 Å². The smallest absolute Gasteiger partial charge is 0.264 e. The number of aryl methyl sites for hydroxylation is 1. The summed E-state index contributed by atoms with van der Waals surface area (Å²) in [4.78, 5) is 52.9. The van der Waals surface area contributed by atoms with Crippen LogP contribution in [0.3, 0.4) is 0 Å². The summed E-state index contributed by atoms with van der Waals surface area (Å²) in [5.41, 5.74) is 2.44. The van der Waals surface area contributed by atoms with Crippen molar-refractivity contribution in [1.29, 1.82) is 0 Å². The Morgan fingerprint density at radius 1 is 0.963 bits per heavy atom. The molecule has 14 nitrogen and oxygen atoms in total. The number of nitrogens with zero attached hydrogens (tertiary/aromatic N) is 4. The first kappa shape index (κ1) is 38.9. The maximum absolute atomic E-state index is 14.9. The normalized spacial score (nSPS) is 22.6. The number of carbonyl (C=O) groups excluding carboxylic acids is 3. The van der Waals surface area contributed by atoms with E-state index in [1.807, 2.05) is 50.3 Å². The summed E-state index contributed by atoms with van der Waals surface area (Å²) in [6.45, 7) is 8.77. The number of anilines is 3. The molecule has 0 saturated carbocycles. The van der Waals surface area contributed by atoms with Gasteiger partial charge in [-0.2, -0.15) is 0 Å². The van der Waals surface area contributed by atoms with Crippen LogP contribution in [0, 0.1) is 5.92 Å². The number of rotatable bonds is 13. The largest absolute Gasteiger partial charge is 0.432 e. The number of ether oxygens (including phenoxy) is 1. The van der Waals surface area contributed by atoms with E-state index in [4.69, 9.17) is 4.74 Å². The number of hydrogen-bond acceptors (Lipinski definition) is 10. The van der Waals surface area contributed by atoms with Gasteiger partial charge in [0.25, 0.3) is 17.7 Å². The molecule has 1 aromatic heterocycles. The molecule has 1 fully saturated rings. The van der Waals surface area contributed by atoms with Gasteiger partial charge in [-0.1, -0.05) is 54.6 Å². The Morgan fingerprint density at radius 2 is 1.59 bits per heavy atom. The van der Waals surface area contributed by atoms with E-state index in [9.17, 15) is 34.5 Å². The lowest BCUT2D eigenvalue weighted by Crippen LogP contribution is -2.46. The van der Waals surface area contributed by atoms with Gasteiger partial charge >= 0.3 is 0 Å². The predicted octanol–water partition coefficient (Wildman–Crippen LogP) is 3.48. The third-order valence-corrected chi connectivity index (χ3v) is 13.0. The van der Waals surface area contributed by atoms with Crippen LogP contribution < -0.4 is 15.5 Å². The van der Waals surface area contributed by atoms with Crippen molar-refractivity contribution in [1.82, 2.24) is 15.0 Å². The van der Waals surface area contributed by atoms with Crippen molar-refractivity contribution < 1.29 is 39.2 Å². The Morgan fingerprint density at radius 3 is 2.20 bits per heavy atom. The summed E-state index contributed by atoms with van der Waals surface area (Å²) in [5.74, 6) is -2.27. The number of aromatic nitrogens is 3. The molecule has 6 rings (SSSR count).